The molecule has 0 aromatic carbocycles. The van der Waals surface area contributed by atoms with Crippen molar-refractivity contribution in [1.29, 1.82) is 0 Å². The van der Waals surface area contributed by atoms with Crippen molar-refractivity contribution in [3.8, 4) is 0 Å². The molecule has 1 rings (SSSR count). The monoisotopic (exact) mass is 196 g/mol. The van der Waals surface area contributed by atoms with Gasteiger partial charge in [-0.3, -0.25) is 0 Å². The fourth-order valence-electron chi connectivity index (χ4n) is 1.06. The molecule has 0 aliphatic carbocycles. The van der Waals surface area contributed by atoms with Gasteiger partial charge in [-0.1, -0.05) is 13.2 Å². The minimum Gasteiger partial charge on any atom is -0.443 e. The first kappa shape index (κ1) is 10.5. The van der Waals surface area contributed by atoms with Gasteiger partial charge in [-0.05, 0) is 25.0 Å². The number of cyclic esters (lactones) is 2. The van der Waals surface area contributed by atoms with Crippen molar-refractivity contribution < 1.29 is 19.1 Å². The van der Waals surface area contributed by atoms with Crippen LogP contribution in [0.2, 0.25) is 0 Å². The van der Waals surface area contributed by atoms with Gasteiger partial charge < -0.3 is 9.47 Å². The zero-order valence-corrected chi connectivity index (χ0v) is 8.20. The van der Waals surface area contributed by atoms with Gasteiger partial charge in [0.05, 0.1) is 0 Å². The Morgan fingerprint density at radius 2 is 1.29 bits per heavy atom. The number of carbonyl (C=O) groups excluding carboxylic acids is 2. The standard InChI is InChI=1S/C10H12O4/c1-5(2)7-9(11)14-8(6(3)4)10(12)13-7/h7-8H,1,3H2,2,4H3. The first-order valence-electron chi connectivity index (χ1n) is 4.15. The average molecular weight is 196 g/mol. The summed E-state index contributed by atoms with van der Waals surface area (Å²) in [7, 11) is 0. The molecule has 0 saturated carbocycles. The first-order chi connectivity index (χ1) is 6.43. The van der Waals surface area contributed by atoms with Crippen molar-refractivity contribution in [2.45, 2.75) is 26.1 Å². The summed E-state index contributed by atoms with van der Waals surface area (Å²) in [6.45, 7) is 10.3. The molecule has 76 valence electrons. The van der Waals surface area contributed by atoms with Gasteiger partial charge in [0.1, 0.15) is 0 Å². The molecule has 4 nitrogen and oxygen atoms in total. The molecule has 1 fully saturated rings. The van der Waals surface area contributed by atoms with E-state index >= 15 is 0 Å². The highest BCUT2D eigenvalue weighted by atomic mass is 16.6. The predicted molar refractivity (Wildman–Crippen MR) is 49.4 cm³/mol. The Morgan fingerprint density at radius 3 is 1.50 bits per heavy atom. The van der Waals surface area contributed by atoms with Crippen molar-refractivity contribution in [3.63, 3.8) is 0 Å². The molecule has 1 aliphatic heterocycles. The fourth-order valence-corrected chi connectivity index (χ4v) is 1.06. The van der Waals surface area contributed by atoms with E-state index in [2.05, 4.69) is 13.2 Å². The van der Waals surface area contributed by atoms with E-state index < -0.39 is 24.1 Å². The molecular weight excluding hydrogens is 184 g/mol. The van der Waals surface area contributed by atoms with Crippen LogP contribution in [0.3, 0.4) is 0 Å². The molecule has 1 saturated heterocycles. The molecule has 0 radical (unpaired) electrons. The van der Waals surface area contributed by atoms with Gasteiger partial charge >= 0.3 is 11.9 Å². The highest BCUT2D eigenvalue weighted by Gasteiger charge is 2.38. The van der Waals surface area contributed by atoms with Crippen LogP contribution in [-0.4, -0.2) is 24.1 Å². The predicted octanol–water partition coefficient (Wildman–Crippen LogP) is 0.976. The minimum atomic E-state index is -0.974. The van der Waals surface area contributed by atoms with Gasteiger partial charge in [0.2, 0.25) is 12.2 Å². The summed E-state index contributed by atoms with van der Waals surface area (Å²) in [5.41, 5.74) is 0.895. The second-order valence-electron chi connectivity index (χ2n) is 3.33. The van der Waals surface area contributed by atoms with Gasteiger partial charge in [0, 0.05) is 0 Å². The lowest BCUT2D eigenvalue weighted by Crippen LogP contribution is -2.44. The highest BCUT2D eigenvalue weighted by molar-refractivity contribution is 5.90. The van der Waals surface area contributed by atoms with Crippen LogP contribution in [0, 0.1) is 0 Å². The van der Waals surface area contributed by atoms with Crippen LogP contribution in [-0.2, 0) is 19.1 Å². The zero-order chi connectivity index (χ0) is 10.9. The van der Waals surface area contributed by atoms with Crippen molar-refractivity contribution >= 4 is 11.9 Å². The normalized spacial score (nSPS) is 26.4. The molecular formula is C10H12O4. The Morgan fingerprint density at radius 1 is 1.00 bits per heavy atom. The van der Waals surface area contributed by atoms with E-state index in [9.17, 15) is 9.59 Å². The van der Waals surface area contributed by atoms with Crippen LogP contribution in [0.25, 0.3) is 0 Å². The first-order valence-corrected chi connectivity index (χ1v) is 4.15. The van der Waals surface area contributed by atoms with Gasteiger partial charge in [0.15, 0.2) is 0 Å². The van der Waals surface area contributed by atoms with E-state index in [1.165, 1.54) is 0 Å². The maximum atomic E-state index is 11.3. The smallest absolute Gasteiger partial charge is 0.353 e. The summed E-state index contributed by atoms with van der Waals surface area (Å²) in [4.78, 5) is 22.6. The van der Waals surface area contributed by atoms with Gasteiger partial charge in [0.25, 0.3) is 0 Å². The second-order valence-corrected chi connectivity index (χ2v) is 3.33. The van der Waals surface area contributed by atoms with Crippen LogP contribution in [0.1, 0.15) is 13.8 Å². The van der Waals surface area contributed by atoms with Crippen molar-refractivity contribution in [1.82, 2.24) is 0 Å². The van der Waals surface area contributed by atoms with Gasteiger partial charge in [-0.2, -0.15) is 0 Å². The topological polar surface area (TPSA) is 52.6 Å². The third-order valence-electron chi connectivity index (χ3n) is 1.79. The maximum Gasteiger partial charge on any atom is 0.353 e. The Labute approximate surface area is 82.2 Å². The molecule has 0 aromatic rings. The van der Waals surface area contributed by atoms with Crippen molar-refractivity contribution in [3.05, 3.63) is 24.3 Å². The molecule has 4 heteroatoms. The molecule has 0 aromatic heterocycles. The summed E-state index contributed by atoms with van der Waals surface area (Å²) in [5, 5.41) is 0. The number of carbonyl (C=O) groups is 2. The van der Waals surface area contributed by atoms with Crippen LogP contribution >= 0.6 is 0 Å². The number of rotatable bonds is 2. The molecule has 0 bridgehead atoms. The summed E-state index contributed by atoms with van der Waals surface area (Å²) >= 11 is 0. The van der Waals surface area contributed by atoms with E-state index in [0.29, 0.717) is 11.1 Å². The lowest BCUT2D eigenvalue weighted by Gasteiger charge is -2.27. The minimum absolute atomic E-state index is 0.448. The maximum absolute atomic E-state index is 11.3. The van der Waals surface area contributed by atoms with E-state index in [4.69, 9.17) is 9.47 Å². The molecule has 2 atom stereocenters. The van der Waals surface area contributed by atoms with E-state index in [-0.39, 0.29) is 0 Å². The number of ether oxygens (including phenoxy) is 2. The van der Waals surface area contributed by atoms with E-state index in [1.54, 1.807) is 13.8 Å². The lowest BCUT2D eigenvalue weighted by molar-refractivity contribution is -0.188. The number of hydrogen-bond donors (Lipinski definition) is 0. The van der Waals surface area contributed by atoms with Crippen molar-refractivity contribution in [2.24, 2.45) is 0 Å². The highest BCUT2D eigenvalue weighted by Crippen LogP contribution is 2.19. The van der Waals surface area contributed by atoms with Crippen LogP contribution in [0.4, 0.5) is 0 Å². The summed E-state index contributed by atoms with van der Waals surface area (Å²) in [6.07, 6.45) is -1.95. The second kappa shape index (κ2) is 3.65. The van der Waals surface area contributed by atoms with E-state index in [0.717, 1.165) is 0 Å². The van der Waals surface area contributed by atoms with Crippen LogP contribution < -0.4 is 0 Å². The zero-order valence-electron chi connectivity index (χ0n) is 8.20. The third-order valence-corrected chi connectivity index (χ3v) is 1.79. The summed E-state index contributed by atoms with van der Waals surface area (Å²) < 4.78 is 9.72. The average Bonchev–Trinajstić information content (AvgIpc) is 2.07. The molecule has 2 unspecified atom stereocenters. The summed E-state index contributed by atoms with van der Waals surface area (Å²) in [6, 6.07) is 0. The van der Waals surface area contributed by atoms with Crippen molar-refractivity contribution in [2.75, 3.05) is 0 Å². The molecule has 14 heavy (non-hydrogen) atoms. The number of hydrogen-bond acceptors (Lipinski definition) is 4. The van der Waals surface area contributed by atoms with Crippen LogP contribution in [0.5, 0.6) is 0 Å². The Kier molecular flexibility index (Phi) is 2.74. The fraction of sp³-hybridized carbons (Fsp3) is 0.400. The van der Waals surface area contributed by atoms with Gasteiger partial charge in [-0.25, -0.2) is 9.59 Å². The quantitative estimate of drug-likeness (QED) is 0.488. The van der Waals surface area contributed by atoms with E-state index in [1.807, 2.05) is 0 Å². The SMILES string of the molecule is C=C(C)C1OC(=O)C(C(=C)C)OC1=O. The third kappa shape index (κ3) is 1.84. The Bertz CT molecular complexity index is 284. The molecule has 0 spiro atoms. The van der Waals surface area contributed by atoms with Crippen LogP contribution in [0.15, 0.2) is 24.3 Å². The Hall–Kier alpha value is -1.58. The van der Waals surface area contributed by atoms with Gasteiger partial charge in [-0.15, -0.1) is 0 Å². The summed E-state index contributed by atoms with van der Waals surface area (Å²) in [5.74, 6) is -1.18. The molecule has 0 N–H and O–H groups in total. The number of esters is 2. The molecule has 1 aliphatic rings. The molecule has 1 heterocycles. The molecule has 0 amide bonds. The largest absolute Gasteiger partial charge is 0.443 e. The lowest BCUT2D eigenvalue weighted by atomic mass is 10.1. The Balaban J connectivity index is 2.82.